The van der Waals surface area contributed by atoms with Crippen LogP contribution in [0.25, 0.3) is 49.3 Å². The van der Waals surface area contributed by atoms with Crippen LogP contribution in [-0.4, -0.2) is 11.5 Å². The van der Waals surface area contributed by atoms with Gasteiger partial charge in [-0.2, -0.15) is 0 Å². The van der Waals surface area contributed by atoms with Gasteiger partial charge in [0.25, 0.3) is 0 Å². The van der Waals surface area contributed by atoms with E-state index in [9.17, 15) is 4.79 Å². The lowest BCUT2D eigenvalue weighted by Gasteiger charge is -2.11. The van der Waals surface area contributed by atoms with Crippen LogP contribution in [-0.2, 0) is 0 Å². The first kappa shape index (κ1) is 20.5. The van der Waals surface area contributed by atoms with Crippen molar-refractivity contribution in [2.45, 2.75) is 27.7 Å². The molecule has 6 rings (SSSR count). The van der Waals surface area contributed by atoms with Gasteiger partial charge < -0.3 is 13.6 Å². The van der Waals surface area contributed by atoms with Crippen LogP contribution < -0.4 is 10.4 Å². The lowest BCUT2D eigenvalue weighted by molar-refractivity contribution is 0.412. The van der Waals surface area contributed by atoms with Gasteiger partial charge in [0.15, 0.2) is 0 Å². The summed E-state index contributed by atoms with van der Waals surface area (Å²) < 4.78 is 13.4. The molecule has 0 aliphatic heterocycles. The fraction of sp³-hybridized carbons (Fsp3) is 0.167. The van der Waals surface area contributed by atoms with Crippen LogP contribution in [0, 0.1) is 27.7 Å². The van der Waals surface area contributed by atoms with E-state index >= 15 is 0 Å². The molecule has 168 valence electrons. The molecule has 0 radical (unpaired) electrons. The van der Waals surface area contributed by atoms with Crippen LogP contribution >= 0.6 is 0 Å². The van der Waals surface area contributed by atoms with Gasteiger partial charge >= 0.3 is 5.63 Å². The number of methoxy groups -OCH3 is 1. The molecule has 0 atom stereocenters. The standard InChI is InChI=1S/C30H25NO3/c1-16-6-9-22-25(12-16)34-30(32)29-27(22)26(21-8-7-17(2)18(3)13-21)28-23-14-19(4)24(33-5)15-20(23)10-11-31(28)29/h6-15H,1-5H3. The number of rotatable bonds is 2. The fourth-order valence-electron chi connectivity index (χ4n) is 5.13. The van der Waals surface area contributed by atoms with Crippen molar-refractivity contribution in [1.82, 2.24) is 4.40 Å². The Morgan fingerprint density at radius 2 is 1.62 bits per heavy atom. The molecule has 0 bridgehead atoms. The zero-order chi connectivity index (χ0) is 23.7. The van der Waals surface area contributed by atoms with Crippen molar-refractivity contribution < 1.29 is 9.15 Å². The highest BCUT2D eigenvalue weighted by molar-refractivity contribution is 6.21. The third-order valence-electron chi connectivity index (χ3n) is 7.03. The zero-order valence-electron chi connectivity index (χ0n) is 19.9. The van der Waals surface area contributed by atoms with Crippen molar-refractivity contribution in [3.63, 3.8) is 0 Å². The van der Waals surface area contributed by atoms with Gasteiger partial charge in [-0.25, -0.2) is 4.79 Å². The van der Waals surface area contributed by atoms with E-state index in [4.69, 9.17) is 9.15 Å². The number of nitrogens with zero attached hydrogens (tertiary/aromatic N) is 1. The summed E-state index contributed by atoms with van der Waals surface area (Å²) in [6.45, 7) is 8.30. The van der Waals surface area contributed by atoms with E-state index < -0.39 is 0 Å². The molecule has 0 aliphatic rings. The van der Waals surface area contributed by atoms with E-state index in [2.05, 4.69) is 56.3 Å². The summed E-state index contributed by atoms with van der Waals surface area (Å²) in [4.78, 5) is 13.4. The van der Waals surface area contributed by atoms with Gasteiger partial charge in [0.05, 0.1) is 12.6 Å². The minimum absolute atomic E-state index is 0.331. The minimum Gasteiger partial charge on any atom is -0.496 e. The van der Waals surface area contributed by atoms with Crippen LogP contribution in [0.3, 0.4) is 0 Å². The number of hydrogen-bond donors (Lipinski definition) is 0. The molecule has 4 nitrogen and oxygen atoms in total. The Kier molecular flexibility index (Phi) is 4.37. The van der Waals surface area contributed by atoms with E-state index in [1.54, 1.807) is 7.11 Å². The molecule has 0 aliphatic carbocycles. The first-order valence-corrected chi connectivity index (χ1v) is 11.4. The summed E-state index contributed by atoms with van der Waals surface area (Å²) in [7, 11) is 1.69. The first-order chi connectivity index (χ1) is 16.4. The fourth-order valence-corrected chi connectivity index (χ4v) is 5.13. The van der Waals surface area contributed by atoms with Crippen molar-refractivity contribution in [2.75, 3.05) is 7.11 Å². The second kappa shape index (κ2) is 7.22. The number of ether oxygens (including phenoxy) is 1. The van der Waals surface area contributed by atoms with Gasteiger partial charge in [-0.05, 0) is 85.2 Å². The van der Waals surface area contributed by atoms with Gasteiger partial charge in [-0.3, -0.25) is 0 Å². The molecule has 0 amide bonds. The molecule has 4 heteroatoms. The average Bonchev–Trinajstić information content (AvgIpc) is 3.16. The van der Waals surface area contributed by atoms with E-state index in [0.717, 1.165) is 55.1 Å². The molecule has 34 heavy (non-hydrogen) atoms. The Morgan fingerprint density at radius 3 is 2.38 bits per heavy atom. The molecule has 0 unspecified atom stereocenters. The molecule has 3 heterocycles. The second-order valence-electron chi connectivity index (χ2n) is 9.23. The highest BCUT2D eigenvalue weighted by atomic mass is 16.5. The number of aryl methyl sites for hydroxylation is 4. The van der Waals surface area contributed by atoms with Gasteiger partial charge in [-0.1, -0.05) is 30.3 Å². The number of fused-ring (bicyclic) bond motifs is 7. The lowest BCUT2D eigenvalue weighted by Crippen LogP contribution is -2.02. The molecule has 0 saturated carbocycles. The first-order valence-electron chi connectivity index (χ1n) is 11.4. The summed E-state index contributed by atoms with van der Waals surface area (Å²) in [5, 5.41) is 4.00. The molecular weight excluding hydrogens is 422 g/mol. The van der Waals surface area contributed by atoms with Crippen LogP contribution in [0.4, 0.5) is 0 Å². The molecule has 3 aromatic carbocycles. The van der Waals surface area contributed by atoms with Gasteiger partial charge in [0, 0.05) is 27.9 Å². The summed E-state index contributed by atoms with van der Waals surface area (Å²) in [6, 6.07) is 18.9. The summed E-state index contributed by atoms with van der Waals surface area (Å²) in [5.74, 6) is 0.848. The topological polar surface area (TPSA) is 43.9 Å². The van der Waals surface area contributed by atoms with Gasteiger partial charge in [0.1, 0.15) is 16.8 Å². The van der Waals surface area contributed by atoms with Crippen LogP contribution in [0.15, 0.2) is 70.0 Å². The molecular formula is C30H25NO3. The Hall–Kier alpha value is -4.05. The smallest absolute Gasteiger partial charge is 0.361 e. The largest absolute Gasteiger partial charge is 0.496 e. The predicted molar refractivity (Wildman–Crippen MR) is 139 cm³/mol. The van der Waals surface area contributed by atoms with E-state index in [0.29, 0.717) is 11.1 Å². The third-order valence-corrected chi connectivity index (χ3v) is 7.03. The Bertz CT molecular complexity index is 1850. The molecule has 6 aromatic rings. The number of pyridine rings is 1. The second-order valence-corrected chi connectivity index (χ2v) is 9.23. The Morgan fingerprint density at radius 1 is 0.794 bits per heavy atom. The maximum atomic E-state index is 13.4. The molecule has 0 N–H and O–H groups in total. The molecule has 0 fully saturated rings. The van der Waals surface area contributed by atoms with E-state index in [1.807, 2.05) is 36.6 Å². The Labute approximate surface area is 197 Å². The third kappa shape index (κ3) is 2.81. The Balaban J connectivity index is 1.94. The van der Waals surface area contributed by atoms with Gasteiger partial charge in [0.2, 0.25) is 0 Å². The minimum atomic E-state index is -0.331. The molecule has 3 aromatic heterocycles. The summed E-state index contributed by atoms with van der Waals surface area (Å²) in [5.41, 5.74) is 8.54. The van der Waals surface area contributed by atoms with Crippen LogP contribution in [0.2, 0.25) is 0 Å². The van der Waals surface area contributed by atoms with Crippen molar-refractivity contribution >= 4 is 38.2 Å². The lowest BCUT2D eigenvalue weighted by atomic mass is 9.95. The number of hydrogen-bond acceptors (Lipinski definition) is 3. The number of benzene rings is 3. The maximum absolute atomic E-state index is 13.4. The SMILES string of the molecule is COc1cc2ccn3c(c(-c4ccc(C)c(C)c4)c4c5ccc(C)cc5oc(=O)c43)c2cc1C. The molecule has 0 spiro atoms. The normalized spacial score (nSPS) is 11.8. The summed E-state index contributed by atoms with van der Waals surface area (Å²) >= 11 is 0. The van der Waals surface area contributed by atoms with Crippen LogP contribution in [0.1, 0.15) is 22.3 Å². The zero-order valence-corrected chi connectivity index (χ0v) is 19.9. The van der Waals surface area contributed by atoms with Crippen molar-refractivity contribution in [1.29, 1.82) is 0 Å². The maximum Gasteiger partial charge on any atom is 0.361 e. The predicted octanol–water partition coefficient (Wildman–Crippen LogP) is 7.26. The van der Waals surface area contributed by atoms with Crippen molar-refractivity contribution in [3.8, 4) is 16.9 Å². The number of aromatic nitrogens is 1. The van der Waals surface area contributed by atoms with E-state index in [-0.39, 0.29) is 5.63 Å². The monoisotopic (exact) mass is 447 g/mol. The average molecular weight is 448 g/mol. The summed E-state index contributed by atoms with van der Waals surface area (Å²) in [6.07, 6.45) is 1.97. The molecule has 0 saturated heterocycles. The van der Waals surface area contributed by atoms with E-state index in [1.165, 1.54) is 11.1 Å². The highest BCUT2D eigenvalue weighted by Gasteiger charge is 2.22. The van der Waals surface area contributed by atoms with Crippen molar-refractivity contribution in [2.24, 2.45) is 0 Å². The van der Waals surface area contributed by atoms with Crippen LogP contribution in [0.5, 0.6) is 5.75 Å². The van der Waals surface area contributed by atoms with Gasteiger partial charge in [-0.15, -0.1) is 0 Å². The quantitative estimate of drug-likeness (QED) is 0.262. The van der Waals surface area contributed by atoms with Crippen molar-refractivity contribution in [3.05, 3.63) is 93.5 Å². The highest BCUT2D eigenvalue weighted by Crippen LogP contribution is 2.42.